The van der Waals surface area contributed by atoms with Gasteiger partial charge in [0.05, 0.1) is 11.4 Å². The van der Waals surface area contributed by atoms with E-state index in [4.69, 9.17) is 0 Å². The molecular formula is C52H43N. The summed E-state index contributed by atoms with van der Waals surface area (Å²) >= 11 is 0. The second-order valence-electron chi connectivity index (χ2n) is 16.0. The summed E-state index contributed by atoms with van der Waals surface area (Å²) in [5.41, 5.74) is 21.8. The Morgan fingerprint density at radius 2 is 1.08 bits per heavy atom. The van der Waals surface area contributed by atoms with Crippen LogP contribution in [0.5, 0.6) is 0 Å². The van der Waals surface area contributed by atoms with Crippen molar-refractivity contribution in [3.8, 4) is 44.5 Å². The van der Waals surface area contributed by atoms with E-state index in [0.29, 0.717) is 0 Å². The van der Waals surface area contributed by atoms with Gasteiger partial charge in [-0.3, -0.25) is 0 Å². The molecule has 1 heteroatoms. The van der Waals surface area contributed by atoms with Crippen LogP contribution in [0.1, 0.15) is 67.5 Å². The van der Waals surface area contributed by atoms with E-state index in [1.807, 2.05) is 0 Å². The molecule has 0 unspecified atom stereocenters. The molecule has 10 rings (SSSR count). The van der Waals surface area contributed by atoms with Crippen LogP contribution in [0.2, 0.25) is 0 Å². The average molecular weight is 682 g/mol. The fourth-order valence-corrected chi connectivity index (χ4v) is 9.63. The van der Waals surface area contributed by atoms with E-state index in [2.05, 4.69) is 196 Å². The minimum Gasteiger partial charge on any atom is -0.309 e. The molecule has 0 bridgehead atoms. The molecule has 0 saturated heterocycles. The minimum absolute atomic E-state index is 0.115. The second kappa shape index (κ2) is 11.8. The van der Waals surface area contributed by atoms with Gasteiger partial charge < -0.3 is 4.90 Å². The predicted octanol–water partition coefficient (Wildman–Crippen LogP) is 14.1. The number of anilines is 3. The highest BCUT2D eigenvalue weighted by molar-refractivity contribution is 6.02. The lowest BCUT2D eigenvalue weighted by atomic mass is 9.82. The summed E-state index contributed by atoms with van der Waals surface area (Å²) in [6.07, 6.45) is 6.82. The number of hydrogen-bond donors (Lipinski definition) is 0. The third-order valence-corrected chi connectivity index (χ3v) is 12.3. The summed E-state index contributed by atoms with van der Waals surface area (Å²) in [7, 11) is 0. The number of allylic oxidation sites excluding steroid dienone is 1. The zero-order chi connectivity index (χ0) is 35.9. The van der Waals surface area contributed by atoms with Crippen molar-refractivity contribution < 1.29 is 0 Å². The van der Waals surface area contributed by atoms with E-state index in [1.54, 1.807) is 0 Å². The van der Waals surface area contributed by atoms with Gasteiger partial charge in [-0.2, -0.15) is 0 Å². The largest absolute Gasteiger partial charge is 0.309 e. The monoisotopic (exact) mass is 681 g/mol. The molecule has 0 radical (unpaired) electrons. The quantitative estimate of drug-likeness (QED) is 0.175. The average Bonchev–Trinajstić information content (AvgIpc) is 3.58. The third kappa shape index (κ3) is 4.76. The highest BCUT2D eigenvalue weighted by Crippen LogP contribution is 2.57. The lowest BCUT2D eigenvalue weighted by molar-refractivity contribution is 0.660. The Kier molecular flexibility index (Phi) is 7.08. The SMILES string of the molecule is CC1(C)c2ccccc2-c2ccc(N(c3cccc(-c4ccc5c(c4)C=CCC5)c3-c3ccccc3)c3cccc4c3-c3ccccc3C4(C)C)cc21. The van der Waals surface area contributed by atoms with Crippen LogP contribution in [-0.4, -0.2) is 0 Å². The van der Waals surface area contributed by atoms with Crippen molar-refractivity contribution in [1.82, 2.24) is 0 Å². The van der Waals surface area contributed by atoms with Gasteiger partial charge >= 0.3 is 0 Å². The summed E-state index contributed by atoms with van der Waals surface area (Å²) in [6.45, 7) is 9.51. The zero-order valence-corrected chi connectivity index (χ0v) is 30.9. The van der Waals surface area contributed by atoms with Gasteiger partial charge in [-0.25, -0.2) is 0 Å². The molecule has 0 aromatic heterocycles. The summed E-state index contributed by atoms with van der Waals surface area (Å²) in [5.74, 6) is 0. The van der Waals surface area contributed by atoms with Crippen molar-refractivity contribution in [1.29, 1.82) is 0 Å². The van der Waals surface area contributed by atoms with Crippen LogP contribution < -0.4 is 4.90 Å². The molecule has 3 aliphatic rings. The van der Waals surface area contributed by atoms with Gasteiger partial charge in [-0.15, -0.1) is 0 Å². The zero-order valence-electron chi connectivity index (χ0n) is 30.9. The van der Waals surface area contributed by atoms with E-state index in [1.165, 1.54) is 95.0 Å². The van der Waals surface area contributed by atoms with E-state index in [9.17, 15) is 0 Å². The van der Waals surface area contributed by atoms with E-state index < -0.39 is 0 Å². The van der Waals surface area contributed by atoms with Gasteiger partial charge in [0.25, 0.3) is 0 Å². The molecule has 0 heterocycles. The molecule has 0 atom stereocenters. The molecule has 7 aromatic rings. The lowest BCUT2D eigenvalue weighted by Crippen LogP contribution is -2.18. The number of fused-ring (bicyclic) bond motifs is 7. The smallest absolute Gasteiger partial charge is 0.0546 e. The maximum Gasteiger partial charge on any atom is 0.0546 e. The fourth-order valence-electron chi connectivity index (χ4n) is 9.63. The standard InChI is InChI=1S/C52H43N/c1-51(2)44-24-13-11-21-42(44)50-45(51)25-15-27-48(50)53(38-30-31-41-40-20-10-12-23-43(40)52(3,4)46(41)33-38)47-26-14-22-39(49(47)35-17-6-5-7-18-35)37-29-28-34-16-8-9-19-36(34)32-37/h5-7,9-15,17-33H,8,16H2,1-4H3. The first-order valence-electron chi connectivity index (χ1n) is 19.1. The maximum atomic E-state index is 2.57. The predicted molar refractivity (Wildman–Crippen MR) is 224 cm³/mol. The van der Waals surface area contributed by atoms with Crippen molar-refractivity contribution in [3.05, 3.63) is 191 Å². The summed E-state index contributed by atoms with van der Waals surface area (Å²) in [6, 6.07) is 57.1. The molecule has 1 nitrogen and oxygen atoms in total. The summed E-state index contributed by atoms with van der Waals surface area (Å²) in [5, 5.41) is 0. The van der Waals surface area contributed by atoms with Crippen LogP contribution >= 0.6 is 0 Å². The Morgan fingerprint density at radius 1 is 0.453 bits per heavy atom. The highest BCUT2D eigenvalue weighted by atomic mass is 15.1. The van der Waals surface area contributed by atoms with Crippen molar-refractivity contribution >= 4 is 23.1 Å². The minimum atomic E-state index is -0.123. The molecule has 256 valence electrons. The van der Waals surface area contributed by atoms with Crippen LogP contribution in [-0.2, 0) is 17.3 Å². The van der Waals surface area contributed by atoms with E-state index in [-0.39, 0.29) is 10.8 Å². The first kappa shape index (κ1) is 31.8. The molecule has 0 spiro atoms. The van der Waals surface area contributed by atoms with Crippen molar-refractivity contribution in [3.63, 3.8) is 0 Å². The number of benzene rings is 7. The molecule has 0 amide bonds. The van der Waals surface area contributed by atoms with Crippen LogP contribution in [0, 0.1) is 0 Å². The van der Waals surface area contributed by atoms with Crippen molar-refractivity contribution in [2.75, 3.05) is 4.90 Å². The van der Waals surface area contributed by atoms with Gasteiger partial charge in [0.2, 0.25) is 0 Å². The first-order valence-corrected chi connectivity index (χ1v) is 19.1. The molecule has 53 heavy (non-hydrogen) atoms. The second-order valence-corrected chi connectivity index (χ2v) is 16.0. The summed E-state index contributed by atoms with van der Waals surface area (Å²) < 4.78 is 0. The van der Waals surface area contributed by atoms with E-state index >= 15 is 0 Å². The molecule has 7 aromatic carbocycles. The third-order valence-electron chi connectivity index (χ3n) is 12.3. The van der Waals surface area contributed by atoms with Gasteiger partial charge in [0, 0.05) is 27.6 Å². The topological polar surface area (TPSA) is 3.24 Å². The van der Waals surface area contributed by atoms with Gasteiger partial charge in [-0.05, 0) is 110 Å². The lowest BCUT2D eigenvalue weighted by Gasteiger charge is -2.32. The fraction of sp³-hybridized carbons (Fsp3) is 0.154. The Bertz CT molecular complexity index is 2620. The Balaban J connectivity index is 1.28. The van der Waals surface area contributed by atoms with Crippen LogP contribution in [0.25, 0.3) is 50.6 Å². The Hall–Kier alpha value is -5.92. The van der Waals surface area contributed by atoms with Gasteiger partial charge in [0.1, 0.15) is 0 Å². The molecule has 0 aliphatic heterocycles. The summed E-state index contributed by atoms with van der Waals surface area (Å²) in [4.78, 5) is 2.57. The molecule has 0 fully saturated rings. The van der Waals surface area contributed by atoms with E-state index in [0.717, 1.165) is 12.8 Å². The molecule has 0 N–H and O–H groups in total. The molecule has 0 saturated carbocycles. The Labute approximate surface area is 313 Å². The van der Waals surface area contributed by atoms with Crippen LogP contribution in [0.3, 0.4) is 0 Å². The van der Waals surface area contributed by atoms with Crippen molar-refractivity contribution in [2.45, 2.75) is 51.4 Å². The molecule has 3 aliphatic carbocycles. The van der Waals surface area contributed by atoms with Gasteiger partial charge in [-0.1, -0.05) is 161 Å². The number of nitrogens with zero attached hydrogens (tertiary/aromatic N) is 1. The highest BCUT2D eigenvalue weighted by Gasteiger charge is 2.39. The number of hydrogen-bond acceptors (Lipinski definition) is 1. The number of rotatable bonds is 5. The number of aryl methyl sites for hydroxylation is 1. The Morgan fingerprint density at radius 3 is 1.89 bits per heavy atom. The van der Waals surface area contributed by atoms with Crippen LogP contribution in [0.4, 0.5) is 17.1 Å². The first-order chi connectivity index (χ1) is 25.8. The van der Waals surface area contributed by atoms with Crippen molar-refractivity contribution in [2.24, 2.45) is 0 Å². The van der Waals surface area contributed by atoms with Crippen LogP contribution in [0.15, 0.2) is 158 Å². The normalized spacial score (nSPS) is 15.2. The molecular weight excluding hydrogens is 639 g/mol. The maximum absolute atomic E-state index is 2.57. The van der Waals surface area contributed by atoms with Gasteiger partial charge in [0.15, 0.2) is 0 Å².